The molecule has 1 aliphatic heterocycles. The number of likely N-dealkylation sites (tertiary alicyclic amines) is 1. The van der Waals surface area contributed by atoms with Crippen LogP contribution in [0.15, 0.2) is 60.9 Å². The van der Waals surface area contributed by atoms with E-state index in [-0.39, 0.29) is 0 Å². The number of aromatic nitrogens is 3. The summed E-state index contributed by atoms with van der Waals surface area (Å²) < 4.78 is 0. The summed E-state index contributed by atoms with van der Waals surface area (Å²) >= 11 is 0. The molecule has 3 aromatic rings. The van der Waals surface area contributed by atoms with E-state index in [2.05, 4.69) is 56.4 Å². The molecule has 1 aliphatic rings. The zero-order chi connectivity index (χ0) is 18.5. The van der Waals surface area contributed by atoms with Crippen molar-refractivity contribution in [3.05, 3.63) is 72.1 Å². The third-order valence-corrected chi connectivity index (χ3v) is 5.16. The quantitative estimate of drug-likeness (QED) is 0.726. The van der Waals surface area contributed by atoms with Crippen LogP contribution in [0.25, 0.3) is 11.4 Å². The molecule has 0 amide bonds. The monoisotopic (exact) mass is 359 g/mol. The number of hydrogen-bond donors (Lipinski definition) is 1. The van der Waals surface area contributed by atoms with Crippen molar-refractivity contribution >= 4 is 5.95 Å². The summed E-state index contributed by atoms with van der Waals surface area (Å²) in [5, 5.41) is 3.42. The van der Waals surface area contributed by atoms with Crippen LogP contribution >= 0.6 is 0 Å². The van der Waals surface area contributed by atoms with E-state index in [4.69, 9.17) is 0 Å². The molecule has 5 heteroatoms. The van der Waals surface area contributed by atoms with E-state index >= 15 is 0 Å². The fraction of sp³-hybridized carbons (Fsp3) is 0.318. The highest BCUT2D eigenvalue weighted by atomic mass is 15.2. The second-order valence-corrected chi connectivity index (χ2v) is 7.18. The van der Waals surface area contributed by atoms with Crippen LogP contribution in [0.3, 0.4) is 0 Å². The molecule has 0 spiro atoms. The highest BCUT2D eigenvalue weighted by molar-refractivity contribution is 5.54. The first kappa shape index (κ1) is 17.6. The van der Waals surface area contributed by atoms with Gasteiger partial charge in [0.15, 0.2) is 0 Å². The van der Waals surface area contributed by atoms with Gasteiger partial charge in [0.2, 0.25) is 5.95 Å². The van der Waals surface area contributed by atoms with Crippen molar-refractivity contribution in [2.75, 3.05) is 25.0 Å². The van der Waals surface area contributed by atoms with Crippen LogP contribution in [0.5, 0.6) is 0 Å². The van der Waals surface area contributed by atoms with Gasteiger partial charge < -0.3 is 5.32 Å². The Kier molecular flexibility index (Phi) is 5.39. The van der Waals surface area contributed by atoms with E-state index in [1.54, 1.807) is 12.4 Å². The van der Waals surface area contributed by atoms with Gasteiger partial charge in [-0.2, -0.15) is 0 Å². The molecule has 0 saturated carbocycles. The Morgan fingerprint density at radius 3 is 2.74 bits per heavy atom. The molecule has 1 saturated heterocycles. The number of nitrogens with zero attached hydrogens (tertiary/aromatic N) is 4. The lowest BCUT2D eigenvalue weighted by Gasteiger charge is -2.17. The molecule has 0 unspecified atom stereocenters. The Labute approximate surface area is 160 Å². The third-order valence-electron chi connectivity index (χ3n) is 5.16. The fourth-order valence-corrected chi connectivity index (χ4v) is 3.59. The smallest absolute Gasteiger partial charge is 0.223 e. The first-order chi connectivity index (χ1) is 13.3. The number of benzene rings is 1. The Morgan fingerprint density at radius 1 is 1.00 bits per heavy atom. The van der Waals surface area contributed by atoms with Gasteiger partial charge in [-0.25, -0.2) is 9.97 Å². The van der Waals surface area contributed by atoms with Gasteiger partial charge in [-0.05, 0) is 55.1 Å². The maximum atomic E-state index is 4.60. The summed E-state index contributed by atoms with van der Waals surface area (Å²) in [4.78, 5) is 15.9. The van der Waals surface area contributed by atoms with E-state index in [9.17, 15) is 0 Å². The normalized spacial score (nSPS) is 17.1. The highest BCUT2D eigenvalue weighted by Gasteiger charge is 2.22. The van der Waals surface area contributed by atoms with Crippen LogP contribution in [0.4, 0.5) is 5.95 Å². The van der Waals surface area contributed by atoms with Crippen LogP contribution in [-0.2, 0) is 6.54 Å². The number of pyridine rings is 1. The van der Waals surface area contributed by atoms with Crippen LogP contribution in [0.2, 0.25) is 0 Å². The number of nitrogens with one attached hydrogen (secondary N) is 1. The molecule has 1 fully saturated rings. The molecule has 138 valence electrons. The molecular formula is C22H25N5. The zero-order valence-electron chi connectivity index (χ0n) is 15.7. The van der Waals surface area contributed by atoms with Gasteiger partial charge in [-0.1, -0.05) is 30.3 Å². The average molecular weight is 359 g/mol. The molecule has 0 radical (unpaired) electrons. The second-order valence-electron chi connectivity index (χ2n) is 7.18. The van der Waals surface area contributed by atoms with E-state index in [0.717, 1.165) is 37.6 Å². The molecular weight excluding hydrogens is 334 g/mol. The van der Waals surface area contributed by atoms with Crippen molar-refractivity contribution in [1.82, 2.24) is 19.9 Å². The molecule has 1 aromatic carbocycles. The van der Waals surface area contributed by atoms with Crippen molar-refractivity contribution < 1.29 is 0 Å². The molecule has 4 rings (SSSR count). The van der Waals surface area contributed by atoms with E-state index in [1.807, 2.05) is 24.3 Å². The van der Waals surface area contributed by atoms with Gasteiger partial charge in [0.25, 0.3) is 0 Å². The van der Waals surface area contributed by atoms with Crippen molar-refractivity contribution in [2.45, 2.75) is 19.9 Å². The van der Waals surface area contributed by atoms with Crippen molar-refractivity contribution in [2.24, 2.45) is 5.92 Å². The second kappa shape index (κ2) is 8.27. The summed E-state index contributed by atoms with van der Waals surface area (Å²) in [6.45, 7) is 6.39. The first-order valence-corrected chi connectivity index (χ1v) is 9.53. The van der Waals surface area contributed by atoms with Crippen molar-refractivity contribution in [3.63, 3.8) is 0 Å². The summed E-state index contributed by atoms with van der Waals surface area (Å²) in [6, 6.07) is 16.4. The number of aryl methyl sites for hydroxylation is 1. The summed E-state index contributed by atoms with van der Waals surface area (Å²) in [5.41, 5.74) is 4.52. The standard InChI is InChI=1S/C22H25N5/c1-17-6-2-3-7-19(17)16-27-13-10-18(15-27)14-25-22-24-12-9-21(26-22)20-8-4-5-11-23-20/h2-9,11-12,18H,10,13-16H2,1H3,(H,24,25,26)/t18-/m1/s1. The number of anilines is 1. The van der Waals surface area contributed by atoms with Crippen molar-refractivity contribution in [1.29, 1.82) is 0 Å². The minimum Gasteiger partial charge on any atom is -0.354 e. The number of hydrogen-bond acceptors (Lipinski definition) is 5. The largest absolute Gasteiger partial charge is 0.354 e. The Morgan fingerprint density at radius 2 is 1.89 bits per heavy atom. The molecule has 1 N–H and O–H groups in total. The topological polar surface area (TPSA) is 53.9 Å². The van der Waals surface area contributed by atoms with Crippen LogP contribution < -0.4 is 5.32 Å². The lowest BCUT2D eigenvalue weighted by atomic mass is 10.1. The van der Waals surface area contributed by atoms with Gasteiger partial charge in [0.05, 0.1) is 11.4 Å². The van der Waals surface area contributed by atoms with Gasteiger partial charge in [0, 0.05) is 32.0 Å². The highest BCUT2D eigenvalue weighted by Crippen LogP contribution is 2.21. The Bertz CT molecular complexity index is 881. The fourth-order valence-electron chi connectivity index (χ4n) is 3.59. The third kappa shape index (κ3) is 4.49. The van der Waals surface area contributed by atoms with E-state index in [0.29, 0.717) is 11.9 Å². The minimum atomic E-state index is 0.621. The Balaban J connectivity index is 1.32. The molecule has 1 atom stereocenters. The molecule has 2 aromatic heterocycles. The van der Waals surface area contributed by atoms with Gasteiger partial charge >= 0.3 is 0 Å². The SMILES string of the molecule is Cc1ccccc1CN1CC[C@H](CNc2nccc(-c3ccccn3)n2)C1. The first-order valence-electron chi connectivity index (χ1n) is 9.53. The van der Waals surface area contributed by atoms with Crippen LogP contribution in [0, 0.1) is 12.8 Å². The lowest BCUT2D eigenvalue weighted by molar-refractivity contribution is 0.318. The number of rotatable bonds is 6. The minimum absolute atomic E-state index is 0.621. The Hall–Kier alpha value is -2.79. The molecule has 5 nitrogen and oxygen atoms in total. The molecule has 0 bridgehead atoms. The van der Waals surface area contributed by atoms with Gasteiger partial charge in [-0.15, -0.1) is 0 Å². The zero-order valence-corrected chi connectivity index (χ0v) is 15.7. The summed E-state index contributed by atoms with van der Waals surface area (Å²) in [6.07, 6.45) is 4.78. The molecule has 0 aliphatic carbocycles. The van der Waals surface area contributed by atoms with E-state index < -0.39 is 0 Å². The maximum Gasteiger partial charge on any atom is 0.223 e. The van der Waals surface area contributed by atoms with E-state index in [1.165, 1.54) is 17.5 Å². The van der Waals surface area contributed by atoms with Crippen LogP contribution in [0.1, 0.15) is 17.5 Å². The van der Waals surface area contributed by atoms with Crippen LogP contribution in [-0.4, -0.2) is 39.5 Å². The lowest BCUT2D eigenvalue weighted by Crippen LogP contribution is -2.23. The summed E-state index contributed by atoms with van der Waals surface area (Å²) in [5.74, 6) is 1.30. The summed E-state index contributed by atoms with van der Waals surface area (Å²) in [7, 11) is 0. The van der Waals surface area contributed by atoms with Crippen molar-refractivity contribution in [3.8, 4) is 11.4 Å². The average Bonchev–Trinajstić information content (AvgIpc) is 3.17. The maximum absolute atomic E-state index is 4.60. The molecule has 3 heterocycles. The predicted octanol–water partition coefficient (Wildman–Crippen LogP) is 3.78. The van der Waals surface area contributed by atoms with Gasteiger partial charge in [-0.3, -0.25) is 9.88 Å². The predicted molar refractivity (Wildman–Crippen MR) is 108 cm³/mol. The molecule has 27 heavy (non-hydrogen) atoms. The van der Waals surface area contributed by atoms with Gasteiger partial charge in [0.1, 0.15) is 0 Å².